The second kappa shape index (κ2) is 9.73. The lowest BCUT2D eigenvalue weighted by atomic mass is 10.0. The van der Waals surface area contributed by atoms with Gasteiger partial charge in [-0.1, -0.05) is 31.8 Å². The summed E-state index contributed by atoms with van der Waals surface area (Å²) in [5.74, 6) is 0.524. The van der Waals surface area contributed by atoms with Crippen molar-refractivity contribution in [3.63, 3.8) is 0 Å². The Balaban J connectivity index is 1.69. The lowest BCUT2D eigenvalue weighted by molar-refractivity contribution is 0.0791. The summed E-state index contributed by atoms with van der Waals surface area (Å²) < 4.78 is 13.5. The summed E-state index contributed by atoms with van der Waals surface area (Å²) in [5.41, 5.74) is 3.37. The van der Waals surface area contributed by atoms with Crippen LogP contribution in [0.4, 0.5) is 0 Å². The fraction of sp³-hybridized carbons (Fsp3) is 0.520. The summed E-state index contributed by atoms with van der Waals surface area (Å²) >= 11 is 0. The van der Waals surface area contributed by atoms with Crippen molar-refractivity contribution in [2.75, 3.05) is 6.61 Å². The molecule has 1 unspecified atom stereocenters. The first-order valence-electron chi connectivity index (χ1n) is 11.3. The van der Waals surface area contributed by atoms with Crippen LogP contribution in [-0.4, -0.2) is 40.2 Å². The Hall–Kier alpha value is -2.22. The predicted octanol–water partition coefficient (Wildman–Crippen LogP) is 5.51. The van der Waals surface area contributed by atoms with Crippen molar-refractivity contribution in [1.29, 1.82) is 0 Å². The van der Waals surface area contributed by atoms with Crippen molar-refractivity contribution in [3.05, 3.63) is 53.3 Å². The molecule has 2 heterocycles. The third-order valence-electron chi connectivity index (χ3n) is 5.05. The van der Waals surface area contributed by atoms with Gasteiger partial charge in [0.1, 0.15) is 18.4 Å². The molecule has 174 valence electrons. The standard InChI is InChI=1S/C25H37N3O3Si/c1-18-13-19(15-22(29)21-9-8-10-23(26-21)31-25(2,3)4)14-20-16-28(27-24(18)20)17-30-11-12-32(5,6)7/h8-10,13-14,16,22,29H,11-12,15,17H2,1-7H3. The summed E-state index contributed by atoms with van der Waals surface area (Å²) in [5, 5.41) is 16.6. The van der Waals surface area contributed by atoms with E-state index in [-0.39, 0.29) is 5.60 Å². The lowest BCUT2D eigenvalue weighted by Crippen LogP contribution is -2.23. The molecule has 2 aromatic heterocycles. The van der Waals surface area contributed by atoms with E-state index >= 15 is 0 Å². The maximum atomic E-state index is 10.8. The molecule has 0 radical (unpaired) electrons. The molecule has 1 aromatic carbocycles. The van der Waals surface area contributed by atoms with Crippen molar-refractivity contribution in [2.45, 2.75) is 78.2 Å². The summed E-state index contributed by atoms with van der Waals surface area (Å²) in [7, 11) is -1.09. The van der Waals surface area contributed by atoms with Gasteiger partial charge in [-0.05, 0) is 57.0 Å². The van der Waals surface area contributed by atoms with Gasteiger partial charge in [0.05, 0.1) is 11.2 Å². The van der Waals surface area contributed by atoms with Gasteiger partial charge < -0.3 is 14.6 Å². The molecule has 0 aliphatic heterocycles. The van der Waals surface area contributed by atoms with E-state index in [1.165, 1.54) is 0 Å². The Bertz CT molecular complexity index is 1050. The number of aliphatic hydroxyl groups is 1. The topological polar surface area (TPSA) is 69.4 Å². The first kappa shape index (κ1) is 24.4. The Labute approximate surface area is 192 Å². The summed E-state index contributed by atoms with van der Waals surface area (Å²) in [6.07, 6.45) is 1.78. The van der Waals surface area contributed by atoms with Crippen LogP contribution in [0.2, 0.25) is 25.7 Å². The van der Waals surface area contributed by atoms with Gasteiger partial charge >= 0.3 is 0 Å². The fourth-order valence-corrected chi connectivity index (χ4v) is 4.23. The highest BCUT2D eigenvalue weighted by atomic mass is 28.3. The SMILES string of the molecule is Cc1cc(CC(O)c2cccc(OC(C)(C)C)n2)cc2cn(COCC[Si](C)(C)C)nc12. The molecule has 6 nitrogen and oxygen atoms in total. The van der Waals surface area contributed by atoms with Gasteiger partial charge in [-0.3, -0.25) is 0 Å². The number of rotatable bonds is 9. The molecule has 7 heteroatoms. The van der Waals surface area contributed by atoms with Gasteiger partial charge in [-0.25, -0.2) is 9.67 Å². The second-order valence-electron chi connectivity index (χ2n) is 10.7. The molecule has 0 amide bonds. The molecule has 0 bridgehead atoms. The molecule has 3 rings (SSSR count). The number of hydrogen-bond acceptors (Lipinski definition) is 5. The van der Waals surface area contributed by atoms with E-state index in [0.29, 0.717) is 24.7 Å². The zero-order valence-corrected chi connectivity index (χ0v) is 21.5. The first-order valence-corrected chi connectivity index (χ1v) is 15.0. The predicted molar refractivity (Wildman–Crippen MR) is 132 cm³/mol. The minimum atomic E-state index is -1.09. The minimum absolute atomic E-state index is 0.336. The second-order valence-corrected chi connectivity index (χ2v) is 16.3. The van der Waals surface area contributed by atoms with Crippen molar-refractivity contribution >= 4 is 19.0 Å². The maximum absolute atomic E-state index is 10.8. The van der Waals surface area contributed by atoms with Gasteiger partial charge in [0.25, 0.3) is 0 Å². The maximum Gasteiger partial charge on any atom is 0.214 e. The molecule has 1 atom stereocenters. The summed E-state index contributed by atoms with van der Waals surface area (Å²) in [4.78, 5) is 4.50. The first-order chi connectivity index (χ1) is 14.9. The largest absolute Gasteiger partial charge is 0.472 e. The highest BCUT2D eigenvalue weighted by molar-refractivity contribution is 6.76. The summed E-state index contributed by atoms with van der Waals surface area (Å²) in [6, 6.07) is 10.8. The normalized spacial score (nSPS) is 13.5. The van der Waals surface area contributed by atoms with E-state index in [0.717, 1.165) is 34.7 Å². The Morgan fingerprint density at radius 1 is 1.16 bits per heavy atom. The number of benzene rings is 1. The number of fused-ring (bicyclic) bond motifs is 1. The zero-order valence-electron chi connectivity index (χ0n) is 20.5. The van der Waals surface area contributed by atoms with E-state index in [1.807, 2.05) is 49.8 Å². The lowest BCUT2D eigenvalue weighted by Gasteiger charge is -2.21. The molecule has 0 fully saturated rings. The van der Waals surface area contributed by atoms with Crippen LogP contribution in [0.3, 0.4) is 0 Å². The van der Waals surface area contributed by atoms with Gasteiger partial charge in [0.2, 0.25) is 5.88 Å². The van der Waals surface area contributed by atoms with Crippen LogP contribution in [0.15, 0.2) is 36.5 Å². The molecule has 0 saturated heterocycles. The minimum Gasteiger partial charge on any atom is -0.472 e. The third-order valence-corrected chi connectivity index (χ3v) is 6.76. The van der Waals surface area contributed by atoms with Crippen LogP contribution >= 0.6 is 0 Å². The molecule has 3 aromatic rings. The van der Waals surface area contributed by atoms with E-state index < -0.39 is 14.2 Å². The monoisotopic (exact) mass is 455 g/mol. The molecule has 0 saturated carbocycles. The number of ether oxygens (including phenoxy) is 2. The van der Waals surface area contributed by atoms with E-state index in [1.54, 1.807) is 0 Å². The molecule has 32 heavy (non-hydrogen) atoms. The number of aliphatic hydroxyl groups excluding tert-OH is 1. The molecule has 1 N–H and O–H groups in total. The molecule has 0 aliphatic carbocycles. The number of nitrogens with zero attached hydrogens (tertiary/aromatic N) is 3. The Kier molecular flexibility index (Phi) is 7.42. The van der Waals surface area contributed by atoms with Crippen LogP contribution in [0.5, 0.6) is 5.88 Å². The van der Waals surface area contributed by atoms with Crippen LogP contribution in [0.25, 0.3) is 10.9 Å². The Morgan fingerprint density at radius 3 is 2.59 bits per heavy atom. The summed E-state index contributed by atoms with van der Waals surface area (Å²) in [6.45, 7) is 16.3. The smallest absolute Gasteiger partial charge is 0.214 e. The van der Waals surface area contributed by atoms with Crippen LogP contribution in [0.1, 0.15) is 43.7 Å². The van der Waals surface area contributed by atoms with E-state index in [2.05, 4.69) is 48.8 Å². The van der Waals surface area contributed by atoms with Crippen molar-refractivity contribution < 1.29 is 14.6 Å². The van der Waals surface area contributed by atoms with Crippen molar-refractivity contribution in [3.8, 4) is 5.88 Å². The van der Waals surface area contributed by atoms with Gasteiger partial charge in [0, 0.05) is 38.8 Å². The van der Waals surface area contributed by atoms with Crippen LogP contribution in [0, 0.1) is 6.92 Å². The zero-order chi connectivity index (χ0) is 23.5. The molecular formula is C25H37N3O3Si. The van der Waals surface area contributed by atoms with Crippen LogP contribution in [-0.2, 0) is 17.9 Å². The highest BCUT2D eigenvalue weighted by Gasteiger charge is 2.17. The number of pyridine rings is 1. The Morgan fingerprint density at radius 2 is 1.91 bits per heavy atom. The number of aromatic nitrogens is 3. The van der Waals surface area contributed by atoms with Crippen LogP contribution < -0.4 is 4.74 Å². The third kappa shape index (κ3) is 7.15. The van der Waals surface area contributed by atoms with Gasteiger partial charge in [-0.2, -0.15) is 5.10 Å². The van der Waals surface area contributed by atoms with Crippen molar-refractivity contribution in [2.24, 2.45) is 0 Å². The van der Waals surface area contributed by atoms with E-state index in [4.69, 9.17) is 9.47 Å². The highest BCUT2D eigenvalue weighted by Crippen LogP contribution is 2.25. The number of hydrogen-bond donors (Lipinski definition) is 1. The van der Waals surface area contributed by atoms with Gasteiger partial charge in [-0.15, -0.1) is 0 Å². The van der Waals surface area contributed by atoms with E-state index in [9.17, 15) is 5.11 Å². The number of aryl methyl sites for hydroxylation is 1. The average molecular weight is 456 g/mol. The molecule has 0 spiro atoms. The quantitative estimate of drug-likeness (QED) is 0.340. The van der Waals surface area contributed by atoms with Gasteiger partial charge in [0.15, 0.2) is 0 Å². The molecular weight excluding hydrogens is 418 g/mol. The molecule has 0 aliphatic rings. The van der Waals surface area contributed by atoms with Crippen molar-refractivity contribution in [1.82, 2.24) is 14.8 Å². The average Bonchev–Trinajstić information content (AvgIpc) is 3.07. The fourth-order valence-electron chi connectivity index (χ4n) is 3.47.